The van der Waals surface area contributed by atoms with Crippen molar-refractivity contribution in [2.75, 3.05) is 40.0 Å². The number of morpholine rings is 1. The molecule has 0 bridgehead atoms. The molecule has 30 heavy (non-hydrogen) atoms. The van der Waals surface area contributed by atoms with E-state index < -0.39 is 0 Å². The topological polar surface area (TPSA) is 86.8 Å². The van der Waals surface area contributed by atoms with E-state index in [0.717, 1.165) is 38.4 Å². The third kappa shape index (κ3) is 3.31. The fourth-order valence-electron chi connectivity index (χ4n) is 3.85. The summed E-state index contributed by atoms with van der Waals surface area (Å²) in [5.74, 6) is 1.15. The SMILES string of the molecule is COc1cccc(-c2c3c(=O)n(CCN4CCOCC4)ccc3nc3ncnn23)c1. The summed E-state index contributed by atoms with van der Waals surface area (Å²) in [6.45, 7) is 4.64. The number of hydrogen-bond donors (Lipinski definition) is 0. The van der Waals surface area contributed by atoms with Crippen molar-refractivity contribution in [2.45, 2.75) is 6.54 Å². The van der Waals surface area contributed by atoms with Crippen LogP contribution in [0.2, 0.25) is 0 Å². The van der Waals surface area contributed by atoms with Crippen molar-refractivity contribution >= 4 is 16.7 Å². The first-order chi connectivity index (χ1) is 14.7. The van der Waals surface area contributed by atoms with Gasteiger partial charge in [-0.1, -0.05) is 12.1 Å². The van der Waals surface area contributed by atoms with Crippen LogP contribution in [0.4, 0.5) is 0 Å². The quantitative estimate of drug-likeness (QED) is 0.496. The molecule has 3 aromatic heterocycles. The highest BCUT2D eigenvalue weighted by molar-refractivity contribution is 5.93. The van der Waals surface area contributed by atoms with Crippen LogP contribution in [0.25, 0.3) is 27.9 Å². The fraction of sp³-hybridized carbons (Fsp3) is 0.333. The summed E-state index contributed by atoms with van der Waals surface area (Å²) in [5.41, 5.74) is 1.99. The largest absolute Gasteiger partial charge is 0.497 e. The lowest BCUT2D eigenvalue weighted by molar-refractivity contribution is 0.0363. The first-order valence-electron chi connectivity index (χ1n) is 9.92. The Hall–Kier alpha value is -3.30. The van der Waals surface area contributed by atoms with Crippen LogP contribution in [-0.2, 0) is 11.3 Å². The van der Waals surface area contributed by atoms with Crippen LogP contribution < -0.4 is 10.3 Å². The Bertz CT molecular complexity index is 1260. The van der Waals surface area contributed by atoms with Crippen LogP contribution >= 0.6 is 0 Å². The molecule has 0 radical (unpaired) electrons. The van der Waals surface area contributed by atoms with Crippen LogP contribution in [0.1, 0.15) is 0 Å². The molecule has 1 fully saturated rings. The van der Waals surface area contributed by atoms with Crippen molar-refractivity contribution in [3.63, 3.8) is 0 Å². The smallest absolute Gasteiger partial charge is 0.262 e. The molecule has 1 aliphatic heterocycles. The number of methoxy groups -OCH3 is 1. The normalized spacial score (nSPS) is 15.1. The summed E-state index contributed by atoms with van der Waals surface area (Å²) >= 11 is 0. The summed E-state index contributed by atoms with van der Waals surface area (Å²) in [6, 6.07) is 9.45. The molecule has 1 saturated heterocycles. The maximum atomic E-state index is 13.5. The standard InChI is InChI=1S/C21H22N6O3/c1-29-16-4-2-3-15(13-16)19-18-17(24-21-22-14-23-27(19)21)5-6-26(20(18)28)8-7-25-9-11-30-12-10-25/h2-6,13-14H,7-12H2,1H3. The second-order valence-corrected chi connectivity index (χ2v) is 7.19. The predicted octanol–water partition coefficient (Wildman–Crippen LogP) is 1.45. The van der Waals surface area contributed by atoms with E-state index in [1.54, 1.807) is 22.4 Å². The maximum absolute atomic E-state index is 13.5. The van der Waals surface area contributed by atoms with Gasteiger partial charge in [0.25, 0.3) is 11.3 Å². The molecule has 0 N–H and O–H groups in total. The highest BCUT2D eigenvalue weighted by atomic mass is 16.5. The molecule has 4 heterocycles. The Morgan fingerprint density at radius 1 is 1.17 bits per heavy atom. The van der Waals surface area contributed by atoms with E-state index in [1.165, 1.54) is 6.33 Å². The zero-order valence-electron chi connectivity index (χ0n) is 16.7. The second-order valence-electron chi connectivity index (χ2n) is 7.19. The van der Waals surface area contributed by atoms with E-state index in [2.05, 4.69) is 20.0 Å². The van der Waals surface area contributed by atoms with E-state index in [0.29, 0.717) is 34.7 Å². The molecule has 0 atom stereocenters. The molecule has 0 unspecified atom stereocenters. The van der Waals surface area contributed by atoms with Crippen LogP contribution in [0.3, 0.4) is 0 Å². The Balaban J connectivity index is 1.65. The number of pyridine rings is 1. The third-order valence-corrected chi connectivity index (χ3v) is 5.45. The Morgan fingerprint density at radius 2 is 2.03 bits per heavy atom. The Morgan fingerprint density at radius 3 is 2.87 bits per heavy atom. The van der Waals surface area contributed by atoms with Gasteiger partial charge in [0.05, 0.1) is 36.9 Å². The summed E-state index contributed by atoms with van der Waals surface area (Å²) in [4.78, 5) is 24.6. The van der Waals surface area contributed by atoms with Crippen molar-refractivity contribution in [1.82, 2.24) is 29.0 Å². The molecule has 9 heteroatoms. The Labute approximate surface area is 172 Å². The van der Waals surface area contributed by atoms with Crippen molar-refractivity contribution in [3.8, 4) is 17.0 Å². The van der Waals surface area contributed by atoms with Crippen molar-refractivity contribution in [2.24, 2.45) is 0 Å². The number of hydrogen-bond acceptors (Lipinski definition) is 7. The number of aromatic nitrogens is 5. The molecule has 1 aromatic carbocycles. The number of rotatable bonds is 5. The predicted molar refractivity (Wildman–Crippen MR) is 112 cm³/mol. The summed E-state index contributed by atoms with van der Waals surface area (Å²) < 4.78 is 14.1. The van der Waals surface area contributed by atoms with Crippen molar-refractivity contribution in [3.05, 3.63) is 53.2 Å². The minimum Gasteiger partial charge on any atom is -0.497 e. The highest BCUT2D eigenvalue weighted by Crippen LogP contribution is 2.28. The molecular formula is C21H22N6O3. The molecule has 0 amide bonds. The van der Waals surface area contributed by atoms with E-state index in [-0.39, 0.29) is 5.56 Å². The molecule has 5 rings (SSSR count). The van der Waals surface area contributed by atoms with Crippen LogP contribution in [-0.4, -0.2) is 69.0 Å². The van der Waals surface area contributed by atoms with Gasteiger partial charge in [-0.2, -0.15) is 14.6 Å². The average molecular weight is 406 g/mol. The molecule has 154 valence electrons. The minimum atomic E-state index is -0.0940. The molecular weight excluding hydrogens is 384 g/mol. The van der Waals surface area contributed by atoms with E-state index in [4.69, 9.17) is 9.47 Å². The summed E-state index contributed by atoms with van der Waals surface area (Å²) in [7, 11) is 1.62. The van der Waals surface area contributed by atoms with Crippen molar-refractivity contribution < 1.29 is 9.47 Å². The second kappa shape index (κ2) is 7.85. The van der Waals surface area contributed by atoms with Gasteiger partial charge in [0, 0.05) is 37.9 Å². The maximum Gasteiger partial charge on any atom is 0.262 e. The van der Waals surface area contributed by atoms with Gasteiger partial charge < -0.3 is 14.0 Å². The molecule has 1 aliphatic rings. The monoisotopic (exact) mass is 406 g/mol. The fourth-order valence-corrected chi connectivity index (χ4v) is 3.85. The number of ether oxygens (including phenoxy) is 2. The number of benzene rings is 1. The third-order valence-electron chi connectivity index (χ3n) is 5.45. The van der Waals surface area contributed by atoms with Crippen molar-refractivity contribution in [1.29, 1.82) is 0 Å². The molecule has 0 saturated carbocycles. The zero-order chi connectivity index (χ0) is 20.5. The molecule has 4 aromatic rings. The van der Waals surface area contributed by atoms with Crippen LogP contribution in [0.15, 0.2) is 47.7 Å². The average Bonchev–Trinajstić information content (AvgIpc) is 3.26. The highest BCUT2D eigenvalue weighted by Gasteiger charge is 2.18. The number of fused-ring (bicyclic) bond motifs is 2. The van der Waals surface area contributed by atoms with E-state index >= 15 is 0 Å². The van der Waals surface area contributed by atoms with Crippen LogP contribution in [0, 0.1) is 0 Å². The first-order valence-corrected chi connectivity index (χ1v) is 9.92. The van der Waals surface area contributed by atoms with Crippen LogP contribution in [0.5, 0.6) is 5.75 Å². The lowest BCUT2D eigenvalue weighted by atomic mass is 10.1. The Kier molecular flexibility index (Phi) is 4.89. The van der Waals surface area contributed by atoms with Gasteiger partial charge in [-0.15, -0.1) is 0 Å². The molecule has 0 spiro atoms. The summed E-state index contributed by atoms with van der Waals surface area (Å²) in [6.07, 6.45) is 3.25. The van der Waals surface area contributed by atoms with Gasteiger partial charge in [0.15, 0.2) is 0 Å². The van der Waals surface area contributed by atoms with Gasteiger partial charge in [0.2, 0.25) is 0 Å². The number of nitrogens with zero attached hydrogens (tertiary/aromatic N) is 6. The lowest BCUT2D eigenvalue weighted by Crippen LogP contribution is -2.39. The van der Waals surface area contributed by atoms with Gasteiger partial charge in [0.1, 0.15) is 12.1 Å². The first kappa shape index (κ1) is 18.7. The zero-order valence-corrected chi connectivity index (χ0v) is 16.7. The van der Waals surface area contributed by atoms with Gasteiger partial charge in [-0.3, -0.25) is 9.69 Å². The van der Waals surface area contributed by atoms with Gasteiger partial charge >= 0.3 is 0 Å². The summed E-state index contributed by atoms with van der Waals surface area (Å²) in [5, 5.41) is 4.84. The lowest BCUT2D eigenvalue weighted by Gasteiger charge is -2.26. The van der Waals surface area contributed by atoms with Gasteiger partial charge in [-0.05, 0) is 18.2 Å². The molecule has 9 nitrogen and oxygen atoms in total. The minimum absolute atomic E-state index is 0.0940. The molecule has 0 aliphatic carbocycles. The van der Waals surface area contributed by atoms with E-state index in [1.807, 2.05) is 30.3 Å². The van der Waals surface area contributed by atoms with Gasteiger partial charge in [-0.25, -0.2) is 4.98 Å². The van der Waals surface area contributed by atoms with E-state index in [9.17, 15) is 4.79 Å².